The molecule has 0 unspecified atom stereocenters. The van der Waals surface area contributed by atoms with E-state index in [9.17, 15) is 0 Å². The van der Waals surface area contributed by atoms with Gasteiger partial charge in [0.15, 0.2) is 0 Å². The Labute approximate surface area is 152 Å². The lowest BCUT2D eigenvalue weighted by Gasteiger charge is -2.07. The van der Waals surface area contributed by atoms with Crippen LogP contribution in [-0.2, 0) is 13.0 Å². The summed E-state index contributed by atoms with van der Waals surface area (Å²) >= 11 is 0. The van der Waals surface area contributed by atoms with Crippen LogP contribution < -0.4 is 4.74 Å². The number of fused-ring (bicyclic) bond motifs is 4. The molecular weight excluding hydrogens is 320 g/mol. The summed E-state index contributed by atoms with van der Waals surface area (Å²) < 4.78 is 7.95. The van der Waals surface area contributed by atoms with Crippen molar-refractivity contribution in [2.75, 3.05) is 6.61 Å². The zero-order valence-corrected chi connectivity index (χ0v) is 14.8. The number of ether oxygens (including phenoxy) is 1. The van der Waals surface area contributed by atoms with Crippen LogP contribution in [0.15, 0.2) is 61.3 Å². The van der Waals surface area contributed by atoms with Gasteiger partial charge in [0.1, 0.15) is 5.75 Å². The van der Waals surface area contributed by atoms with E-state index in [4.69, 9.17) is 4.74 Å². The number of hydrogen-bond acceptors (Lipinski definition) is 2. The molecule has 0 saturated heterocycles. The second-order valence-electron chi connectivity index (χ2n) is 6.84. The zero-order valence-electron chi connectivity index (χ0n) is 14.8. The summed E-state index contributed by atoms with van der Waals surface area (Å²) in [6, 6.07) is 15.4. The number of aromatic nitrogens is 2. The van der Waals surface area contributed by atoms with Crippen molar-refractivity contribution in [1.82, 2.24) is 9.55 Å². The van der Waals surface area contributed by atoms with Crippen LogP contribution in [0.3, 0.4) is 0 Å². The van der Waals surface area contributed by atoms with Gasteiger partial charge in [0, 0.05) is 35.5 Å². The number of hydrogen-bond donors (Lipinski definition) is 0. The monoisotopic (exact) mass is 340 g/mol. The highest BCUT2D eigenvalue weighted by Crippen LogP contribution is 2.35. The van der Waals surface area contributed by atoms with Gasteiger partial charge in [0.05, 0.1) is 17.8 Å². The fourth-order valence-corrected chi connectivity index (χ4v) is 4.09. The van der Waals surface area contributed by atoms with E-state index in [-0.39, 0.29) is 0 Å². The maximum atomic E-state index is 5.64. The van der Waals surface area contributed by atoms with Crippen molar-refractivity contribution in [3.8, 4) is 16.9 Å². The maximum Gasteiger partial charge on any atom is 0.122 e. The topological polar surface area (TPSA) is 27.1 Å². The quantitative estimate of drug-likeness (QED) is 0.474. The number of pyridine rings is 1. The van der Waals surface area contributed by atoms with Gasteiger partial charge in [0.25, 0.3) is 0 Å². The second-order valence-corrected chi connectivity index (χ2v) is 6.84. The summed E-state index contributed by atoms with van der Waals surface area (Å²) in [5.74, 6) is 1.03. The van der Waals surface area contributed by atoms with E-state index in [1.807, 2.05) is 12.3 Å². The van der Waals surface area contributed by atoms with Gasteiger partial charge < -0.3 is 9.30 Å². The Morgan fingerprint density at radius 3 is 2.85 bits per heavy atom. The first-order chi connectivity index (χ1) is 12.8. The Morgan fingerprint density at radius 2 is 1.96 bits per heavy atom. The second kappa shape index (κ2) is 5.73. The minimum Gasteiger partial charge on any atom is -0.493 e. The molecule has 0 N–H and O–H groups in total. The molecule has 128 valence electrons. The van der Waals surface area contributed by atoms with E-state index in [1.54, 1.807) is 0 Å². The molecule has 3 heteroatoms. The smallest absolute Gasteiger partial charge is 0.122 e. The molecule has 0 saturated carbocycles. The number of nitrogens with zero attached hydrogens (tertiary/aromatic N) is 2. The van der Waals surface area contributed by atoms with Crippen molar-refractivity contribution in [1.29, 1.82) is 0 Å². The predicted molar refractivity (Wildman–Crippen MR) is 107 cm³/mol. The summed E-state index contributed by atoms with van der Waals surface area (Å²) in [6.07, 6.45) is 4.84. The van der Waals surface area contributed by atoms with Crippen LogP contribution in [-0.4, -0.2) is 16.2 Å². The van der Waals surface area contributed by atoms with E-state index in [0.29, 0.717) is 0 Å². The molecule has 0 fully saturated rings. The van der Waals surface area contributed by atoms with Crippen molar-refractivity contribution < 1.29 is 4.74 Å². The van der Waals surface area contributed by atoms with Crippen LogP contribution in [0.2, 0.25) is 0 Å². The van der Waals surface area contributed by atoms with E-state index >= 15 is 0 Å². The fraction of sp³-hybridized carbons (Fsp3) is 0.174. The largest absolute Gasteiger partial charge is 0.493 e. The molecule has 0 bridgehead atoms. The normalized spacial score (nSPS) is 13.1. The molecule has 5 rings (SSSR count). The highest BCUT2D eigenvalue weighted by atomic mass is 16.5. The zero-order chi connectivity index (χ0) is 17.7. The molecule has 2 aromatic heterocycles. The SMILES string of the molecule is C=CCn1c2ccc(-c3ccc4c(c3)CCO4)cc2c2ccnc(C)c21. The van der Waals surface area contributed by atoms with Gasteiger partial charge in [-0.3, -0.25) is 4.98 Å². The van der Waals surface area contributed by atoms with Crippen molar-refractivity contribution >= 4 is 21.8 Å². The van der Waals surface area contributed by atoms with Crippen LogP contribution >= 0.6 is 0 Å². The molecule has 0 radical (unpaired) electrons. The molecule has 1 aliphatic heterocycles. The lowest BCUT2D eigenvalue weighted by Crippen LogP contribution is -1.96. The molecule has 26 heavy (non-hydrogen) atoms. The Bertz CT molecular complexity index is 1170. The first-order valence-corrected chi connectivity index (χ1v) is 9.01. The Balaban J connectivity index is 1.76. The predicted octanol–water partition coefficient (Wildman–Crippen LogP) is 5.29. The average molecular weight is 340 g/mol. The summed E-state index contributed by atoms with van der Waals surface area (Å²) in [4.78, 5) is 4.50. The van der Waals surface area contributed by atoms with E-state index in [1.165, 1.54) is 38.5 Å². The minimum absolute atomic E-state index is 0.780. The number of allylic oxidation sites excluding steroid dienone is 1. The van der Waals surface area contributed by atoms with Gasteiger partial charge in [-0.25, -0.2) is 0 Å². The number of aryl methyl sites for hydroxylation is 1. The molecular formula is C23H20N2O. The Kier molecular flexibility index (Phi) is 3.35. The average Bonchev–Trinajstić information content (AvgIpc) is 3.25. The van der Waals surface area contributed by atoms with Gasteiger partial charge in [-0.15, -0.1) is 6.58 Å². The third-order valence-corrected chi connectivity index (χ3v) is 5.29. The third-order valence-electron chi connectivity index (χ3n) is 5.29. The van der Waals surface area contributed by atoms with Gasteiger partial charge >= 0.3 is 0 Å². The molecule has 0 atom stereocenters. The molecule has 3 nitrogen and oxygen atoms in total. The molecule has 1 aliphatic rings. The molecule has 4 aromatic rings. The Hall–Kier alpha value is -3.07. The first kappa shape index (κ1) is 15.2. The minimum atomic E-state index is 0.780. The number of rotatable bonds is 3. The van der Waals surface area contributed by atoms with Gasteiger partial charge in [-0.05, 0) is 53.9 Å². The van der Waals surface area contributed by atoms with E-state index < -0.39 is 0 Å². The molecule has 2 aromatic carbocycles. The molecule has 0 aliphatic carbocycles. The molecule has 3 heterocycles. The van der Waals surface area contributed by atoms with Crippen LogP contribution in [0, 0.1) is 6.92 Å². The van der Waals surface area contributed by atoms with Crippen LogP contribution in [0.25, 0.3) is 32.9 Å². The van der Waals surface area contributed by atoms with Gasteiger partial charge in [-0.2, -0.15) is 0 Å². The van der Waals surface area contributed by atoms with Gasteiger partial charge in [0.2, 0.25) is 0 Å². The summed E-state index contributed by atoms with van der Waals surface area (Å²) in [6.45, 7) is 7.57. The van der Waals surface area contributed by atoms with Crippen LogP contribution in [0.1, 0.15) is 11.3 Å². The summed E-state index contributed by atoms with van der Waals surface area (Å²) in [5.41, 5.74) is 7.26. The van der Waals surface area contributed by atoms with Crippen molar-refractivity contribution in [3.63, 3.8) is 0 Å². The highest BCUT2D eigenvalue weighted by molar-refractivity contribution is 6.09. The standard InChI is InChI=1S/C23H20N2O/c1-3-11-25-21-6-4-17(16-5-7-22-18(13-16)9-12-26-22)14-20(21)19-8-10-24-15(2)23(19)25/h3-8,10,13-14H,1,9,11-12H2,2H3. The number of benzene rings is 2. The van der Waals surface area contributed by atoms with Crippen molar-refractivity contribution in [2.45, 2.75) is 19.9 Å². The third kappa shape index (κ3) is 2.17. The van der Waals surface area contributed by atoms with E-state index in [0.717, 1.165) is 31.0 Å². The van der Waals surface area contributed by atoms with Crippen molar-refractivity contribution in [3.05, 3.63) is 72.6 Å². The first-order valence-electron chi connectivity index (χ1n) is 9.01. The van der Waals surface area contributed by atoms with Gasteiger partial charge in [-0.1, -0.05) is 18.2 Å². The fourth-order valence-electron chi connectivity index (χ4n) is 4.09. The maximum absolute atomic E-state index is 5.64. The lowest BCUT2D eigenvalue weighted by atomic mass is 10.00. The molecule has 0 amide bonds. The van der Waals surface area contributed by atoms with E-state index in [2.05, 4.69) is 65.5 Å². The lowest BCUT2D eigenvalue weighted by molar-refractivity contribution is 0.357. The van der Waals surface area contributed by atoms with Crippen LogP contribution in [0.5, 0.6) is 5.75 Å². The molecule has 0 spiro atoms. The Morgan fingerprint density at radius 1 is 1.12 bits per heavy atom. The highest BCUT2D eigenvalue weighted by Gasteiger charge is 2.15. The van der Waals surface area contributed by atoms with Crippen LogP contribution in [0.4, 0.5) is 0 Å². The summed E-state index contributed by atoms with van der Waals surface area (Å²) in [5, 5.41) is 2.52. The summed E-state index contributed by atoms with van der Waals surface area (Å²) in [7, 11) is 0. The van der Waals surface area contributed by atoms with Crippen molar-refractivity contribution in [2.24, 2.45) is 0 Å².